The molecule has 0 atom stereocenters. The van der Waals surface area contributed by atoms with Crippen LogP contribution in [0, 0.1) is 18.3 Å². The zero-order chi connectivity index (χ0) is 12.1. The highest BCUT2D eigenvalue weighted by atomic mass is 16.1. The number of aromatic nitrogens is 1. The normalized spacial score (nSPS) is 9.38. The molecular weight excluding hydrogens is 204 g/mol. The van der Waals surface area contributed by atoms with Gasteiger partial charge in [-0.2, -0.15) is 5.26 Å². The van der Waals surface area contributed by atoms with Crippen LogP contribution in [0.25, 0.3) is 0 Å². The lowest BCUT2D eigenvalue weighted by atomic mass is 10.2. The summed E-state index contributed by atoms with van der Waals surface area (Å²) in [5, 5.41) is 11.5. The van der Waals surface area contributed by atoms with E-state index in [1.165, 1.54) is 0 Å². The van der Waals surface area contributed by atoms with E-state index in [2.05, 4.69) is 16.4 Å². The summed E-state index contributed by atoms with van der Waals surface area (Å²) in [4.78, 5) is 17.1. The lowest BCUT2D eigenvalue weighted by Crippen LogP contribution is -2.33. The highest BCUT2D eigenvalue weighted by Crippen LogP contribution is 2.15. The van der Waals surface area contributed by atoms with Crippen molar-refractivity contribution in [1.29, 1.82) is 5.26 Å². The number of nitriles is 1. The number of carbonyl (C=O) groups is 1. The predicted octanol–water partition coefficient (Wildman–Crippen LogP) is 0.444. The summed E-state index contributed by atoms with van der Waals surface area (Å²) >= 11 is 0. The first-order chi connectivity index (χ1) is 7.58. The van der Waals surface area contributed by atoms with Gasteiger partial charge in [0.05, 0.1) is 12.1 Å². The van der Waals surface area contributed by atoms with Crippen molar-refractivity contribution in [3.05, 3.63) is 23.4 Å². The van der Waals surface area contributed by atoms with Gasteiger partial charge in [-0.3, -0.25) is 4.79 Å². The van der Waals surface area contributed by atoms with E-state index in [1.54, 1.807) is 31.1 Å². The molecule has 0 aliphatic rings. The van der Waals surface area contributed by atoms with Gasteiger partial charge in [0.25, 0.3) is 0 Å². The Morgan fingerprint density at radius 3 is 2.88 bits per heavy atom. The Labute approximate surface area is 94.7 Å². The fraction of sp³-hybridized carbons (Fsp3) is 0.364. The Bertz CT molecular complexity index is 436. The molecule has 0 saturated heterocycles. The van der Waals surface area contributed by atoms with Crippen LogP contribution in [0.2, 0.25) is 0 Å². The van der Waals surface area contributed by atoms with Crippen molar-refractivity contribution in [2.45, 2.75) is 6.92 Å². The van der Waals surface area contributed by atoms with Crippen molar-refractivity contribution in [1.82, 2.24) is 10.3 Å². The molecule has 16 heavy (non-hydrogen) atoms. The van der Waals surface area contributed by atoms with Crippen LogP contribution in [-0.4, -0.2) is 31.5 Å². The fourth-order valence-electron chi connectivity index (χ4n) is 1.29. The molecule has 0 fully saturated rings. The van der Waals surface area contributed by atoms with Crippen LogP contribution in [0.1, 0.15) is 11.3 Å². The average Bonchev–Trinajstić information content (AvgIpc) is 2.28. The number of aryl methyl sites for hydroxylation is 1. The second-order valence-corrected chi connectivity index (χ2v) is 3.46. The van der Waals surface area contributed by atoms with E-state index >= 15 is 0 Å². The maximum Gasteiger partial charge on any atom is 0.239 e. The first-order valence-corrected chi connectivity index (χ1v) is 4.88. The van der Waals surface area contributed by atoms with Crippen LogP contribution in [0.15, 0.2) is 12.1 Å². The molecule has 0 radical (unpaired) electrons. The van der Waals surface area contributed by atoms with E-state index in [-0.39, 0.29) is 12.5 Å². The number of amides is 1. The Morgan fingerprint density at radius 1 is 1.62 bits per heavy atom. The van der Waals surface area contributed by atoms with Crippen molar-refractivity contribution in [2.24, 2.45) is 0 Å². The molecule has 0 aliphatic heterocycles. The fourth-order valence-corrected chi connectivity index (χ4v) is 1.29. The van der Waals surface area contributed by atoms with Crippen molar-refractivity contribution in [3.63, 3.8) is 0 Å². The Balaban J connectivity index is 2.98. The van der Waals surface area contributed by atoms with Crippen LogP contribution < -0.4 is 10.2 Å². The van der Waals surface area contributed by atoms with Crippen LogP contribution in [0.3, 0.4) is 0 Å². The number of rotatable bonds is 3. The van der Waals surface area contributed by atoms with Gasteiger partial charge in [0.1, 0.15) is 11.9 Å². The quantitative estimate of drug-likeness (QED) is 0.799. The second kappa shape index (κ2) is 5.12. The van der Waals surface area contributed by atoms with Gasteiger partial charge >= 0.3 is 0 Å². The maximum absolute atomic E-state index is 11.2. The molecule has 0 aromatic carbocycles. The van der Waals surface area contributed by atoms with E-state index in [4.69, 9.17) is 5.26 Å². The van der Waals surface area contributed by atoms with Gasteiger partial charge in [-0.1, -0.05) is 0 Å². The second-order valence-electron chi connectivity index (χ2n) is 3.46. The number of nitrogens with one attached hydrogen (secondary N) is 1. The van der Waals surface area contributed by atoms with Gasteiger partial charge < -0.3 is 10.2 Å². The molecule has 1 amide bonds. The zero-order valence-electron chi connectivity index (χ0n) is 9.61. The molecule has 1 rings (SSSR count). The number of carbonyl (C=O) groups excluding carboxylic acids is 1. The highest BCUT2D eigenvalue weighted by Gasteiger charge is 2.11. The molecule has 0 aliphatic carbocycles. The lowest BCUT2D eigenvalue weighted by molar-refractivity contribution is -0.119. The molecule has 0 saturated carbocycles. The van der Waals surface area contributed by atoms with E-state index in [9.17, 15) is 4.79 Å². The monoisotopic (exact) mass is 218 g/mol. The van der Waals surface area contributed by atoms with Crippen molar-refractivity contribution < 1.29 is 4.79 Å². The SMILES string of the molecule is CNC(=O)CN(C)c1nc(C)ccc1C#N. The van der Waals surface area contributed by atoms with Crippen LogP contribution >= 0.6 is 0 Å². The largest absolute Gasteiger partial charge is 0.358 e. The number of likely N-dealkylation sites (N-methyl/N-ethyl adjacent to an activating group) is 2. The summed E-state index contributed by atoms with van der Waals surface area (Å²) in [6.45, 7) is 2.03. The van der Waals surface area contributed by atoms with Crippen molar-refractivity contribution in [3.8, 4) is 6.07 Å². The van der Waals surface area contributed by atoms with Crippen LogP contribution in [0.4, 0.5) is 5.82 Å². The first kappa shape index (κ1) is 12.0. The number of nitrogens with zero attached hydrogens (tertiary/aromatic N) is 3. The van der Waals surface area contributed by atoms with Gasteiger partial charge in [0.15, 0.2) is 0 Å². The summed E-state index contributed by atoms with van der Waals surface area (Å²) in [5.74, 6) is 0.417. The number of hydrogen-bond acceptors (Lipinski definition) is 4. The van der Waals surface area contributed by atoms with E-state index in [1.807, 2.05) is 6.92 Å². The topological polar surface area (TPSA) is 69.0 Å². The molecule has 1 N–H and O–H groups in total. The third-order valence-electron chi connectivity index (χ3n) is 2.16. The Hall–Kier alpha value is -2.09. The number of pyridine rings is 1. The minimum Gasteiger partial charge on any atom is -0.358 e. The third kappa shape index (κ3) is 2.70. The van der Waals surface area contributed by atoms with Gasteiger partial charge in [-0.05, 0) is 19.1 Å². The molecule has 1 aromatic rings. The molecule has 0 unspecified atom stereocenters. The minimum atomic E-state index is -0.116. The molecule has 5 nitrogen and oxygen atoms in total. The number of hydrogen-bond donors (Lipinski definition) is 1. The summed E-state index contributed by atoms with van der Waals surface area (Å²) in [7, 11) is 3.31. The molecule has 0 bridgehead atoms. The molecule has 0 spiro atoms. The first-order valence-electron chi connectivity index (χ1n) is 4.88. The summed E-state index contributed by atoms with van der Waals surface area (Å²) in [5.41, 5.74) is 1.29. The molecule has 84 valence electrons. The van der Waals surface area contributed by atoms with Gasteiger partial charge in [0, 0.05) is 19.8 Å². The van der Waals surface area contributed by atoms with Gasteiger partial charge in [-0.15, -0.1) is 0 Å². The molecule has 1 aromatic heterocycles. The van der Waals surface area contributed by atoms with Crippen LogP contribution in [0.5, 0.6) is 0 Å². The summed E-state index contributed by atoms with van der Waals surface area (Å²) in [6.07, 6.45) is 0. The predicted molar refractivity (Wildman–Crippen MR) is 61.0 cm³/mol. The Kier molecular flexibility index (Phi) is 3.84. The maximum atomic E-state index is 11.2. The molecule has 1 heterocycles. The van der Waals surface area contributed by atoms with Crippen LogP contribution in [-0.2, 0) is 4.79 Å². The highest BCUT2D eigenvalue weighted by molar-refractivity contribution is 5.81. The van der Waals surface area contributed by atoms with E-state index in [0.29, 0.717) is 11.4 Å². The minimum absolute atomic E-state index is 0.116. The Morgan fingerprint density at radius 2 is 2.31 bits per heavy atom. The summed E-state index contributed by atoms with van der Waals surface area (Å²) < 4.78 is 0. The average molecular weight is 218 g/mol. The smallest absolute Gasteiger partial charge is 0.239 e. The van der Waals surface area contributed by atoms with Gasteiger partial charge in [0.2, 0.25) is 5.91 Å². The van der Waals surface area contributed by atoms with E-state index < -0.39 is 0 Å². The zero-order valence-corrected chi connectivity index (χ0v) is 9.61. The summed E-state index contributed by atoms with van der Waals surface area (Å²) in [6, 6.07) is 5.54. The standard InChI is InChI=1S/C11H14N4O/c1-8-4-5-9(6-12)11(14-8)15(3)7-10(16)13-2/h4-5H,7H2,1-3H3,(H,13,16). The lowest BCUT2D eigenvalue weighted by Gasteiger charge is -2.18. The van der Waals surface area contributed by atoms with Crippen molar-refractivity contribution in [2.75, 3.05) is 25.5 Å². The third-order valence-corrected chi connectivity index (χ3v) is 2.16. The number of anilines is 1. The molecule has 5 heteroatoms. The van der Waals surface area contributed by atoms with E-state index in [0.717, 1.165) is 5.69 Å². The van der Waals surface area contributed by atoms with Gasteiger partial charge in [-0.25, -0.2) is 4.98 Å². The van der Waals surface area contributed by atoms with Crippen molar-refractivity contribution >= 4 is 11.7 Å². The molecular formula is C11H14N4O.